The summed E-state index contributed by atoms with van der Waals surface area (Å²) in [4.78, 5) is 13.7. The van der Waals surface area contributed by atoms with E-state index in [1.165, 1.54) is 27.4 Å². The summed E-state index contributed by atoms with van der Waals surface area (Å²) in [6.45, 7) is 1.13. The molecular weight excluding hydrogens is 319 g/mol. The van der Waals surface area contributed by atoms with Crippen molar-refractivity contribution in [2.75, 3.05) is 32.4 Å². The lowest BCUT2D eigenvalue weighted by molar-refractivity contribution is -0.131. The van der Waals surface area contributed by atoms with Gasteiger partial charge in [0, 0.05) is 36.8 Å². The van der Waals surface area contributed by atoms with Gasteiger partial charge in [-0.3, -0.25) is 4.79 Å². The standard InChI is InChI=1S/C13H16ClFN2O3S/c1-21(19,20)17-7-5-16(6-8-17)13(18)9-10-11(14)3-2-4-12(10)15/h2-4H,5-9H2,1H3. The summed E-state index contributed by atoms with van der Waals surface area (Å²) in [6, 6.07) is 4.28. The minimum absolute atomic E-state index is 0.121. The SMILES string of the molecule is CS(=O)(=O)N1CCN(C(=O)Cc2c(F)cccc2Cl)CC1. The summed E-state index contributed by atoms with van der Waals surface area (Å²) in [7, 11) is -3.23. The predicted octanol–water partition coefficient (Wildman–Crippen LogP) is 1.13. The molecule has 8 heteroatoms. The molecule has 1 aromatic carbocycles. The lowest BCUT2D eigenvalue weighted by Crippen LogP contribution is -2.50. The molecule has 2 rings (SSSR count). The third-order valence-electron chi connectivity index (χ3n) is 3.45. The van der Waals surface area contributed by atoms with Gasteiger partial charge in [-0.2, -0.15) is 4.31 Å². The van der Waals surface area contributed by atoms with Gasteiger partial charge in [-0.25, -0.2) is 12.8 Å². The topological polar surface area (TPSA) is 57.7 Å². The minimum atomic E-state index is -3.23. The van der Waals surface area contributed by atoms with Crippen LogP contribution in [-0.2, 0) is 21.2 Å². The summed E-state index contributed by atoms with van der Waals surface area (Å²) in [5.41, 5.74) is 0.176. The molecule has 0 bridgehead atoms. The van der Waals surface area contributed by atoms with Crippen molar-refractivity contribution in [2.24, 2.45) is 0 Å². The second-order valence-corrected chi connectivity index (χ2v) is 7.31. The quantitative estimate of drug-likeness (QED) is 0.832. The largest absolute Gasteiger partial charge is 0.340 e. The molecule has 0 aliphatic carbocycles. The second-order valence-electron chi connectivity index (χ2n) is 4.92. The molecule has 0 radical (unpaired) electrons. The zero-order valence-corrected chi connectivity index (χ0v) is 13.1. The third kappa shape index (κ3) is 3.93. The van der Waals surface area contributed by atoms with E-state index in [0.717, 1.165) is 6.26 Å². The van der Waals surface area contributed by atoms with Gasteiger partial charge in [0.15, 0.2) is 0 Å². The first-order valence-electron chi connectivity index (χ1n) is 6.45. The highest BCUT2D eigenvalue weighted by atomic mass is 35.5. The van der Waals surface area contributed by atoms with Crippen LogP contribution in [0, 0.1) is 5.82 Å². The molecular formula is C13H16ClFN2O3S. The first-order chi connectivity index (χ1) is 9.79. The number of rotatable bonds is 3. The zero-order valence-electron chi connectivity index (χ0n) is 11.6. The number of carbonyl (C=O) groups excluding carboxylic acids is 1. The Morgan fingerprint density at radius 2 is 1.90 bits per heavy atom. The predicted molar refractivity (Wildman–Crippen MR) is 78.1 cm³/mol. The summed E-state index contributed by atoms with van der Waals surface area (Å²) in [5, 5.41) is 0.220. The Bertz CT molecular complexity index is 623. The number of halogens is 2. The van der Waals surface area contributed by atoms with Gasteiger partial charge in [-0.05, 0) is 12.1 Å². The van der Waals surface area contributed by atoms with Gasteiger partial charge < -0.3 is 4.90 Å². The molecule has 0 atom stereocenters. The van der Waals surface area contributed by atoms with Crippen LogP contribution in [-0.4, -0.2) is 56.0 Å². The van der Waals surface area contributed by atoms with Gasteiger partial charge in [0.2, 0.25) is 15.9 Å². The lowest BCUT2D eigenvalue weighted by Gasteiger charge is -2.33. The van der Waals surface area contributed by atoms with Gasteiger partial charge in [0.05, 0.1) is 12.7 Å². The normalized spacial score (nSPS) is 17.0. The molecule has 0 N–H and O–H groups in total. The van der Waals surface area contributed by atoms with Crippen LogP contribution >= 0.6 is 11.6 Å². The Morgan fingerprint density at radius 1 is 1.29 bits per heavy atom. The maximum absolute atomic E-state index is 13.7. The Balaban J connectivity index is 2.00. The summed E-state index contributed by atoms with van der Waals surface area (Å²) in [6.07, 6.45) is 1.02. The smallest absolute Gasteiger partial charge is 0.227 e. The zero-order chi connectivity index (χ0) is 15.6. The van der Waals surface area contributed by atoms with Crippen molar-refractivity contribution in [3.05, 3.63) is 34.6 Å². The number of benzene rings is 1. The first-order valence-corrected chi connectivity index (χ1v) is 8.67. The summed E-state index contributed by atoms with van der Waals surface area (Å²) < 4.78 is 37.8. The van der Waals surface area contributed by atoms with Crippen molar-refractivity contribution >= 4 is 27.5 Å². The van der Waals surface area contributed by atoms with Gasteiger partial charge in [-0.1, -0.05) is 17.7 Å². The Morgan fingerprint density at radius 3 is 2.43 bits per heavy atom. The fourth-order valence-electron chi connectivity index (χ4n) is 2.23. The summed E-state index contributed by atoms with van der Waals surface area (Å²) in [5.74, 6) is -0.763. The van der Waals surface area contributed by atoms with Gasteiger partial charge in [-0.15, -0.1) is 0 Å². The molecule has 0 spiro atoms. The average molecular weight is 335 g/mol. The molecule has 1 fully saturated rings. The Hall–Kier alpha value is -1.18. The first kappa shape index (κ1) is 16.2. The van der Waals surface area contributed by atoms with Crippen molar-refractivity contribution in [1.82, 2.24) is 9.21 Å². The Labute approximate surface area is 128 Å². The molecule has 5 nitrogen and oxygen atoms in total. The molecule has 1 aliphatic heterocycles. The number of piperazine rings is 1. The number of hydrogen-bond acceptors (Lipinski definition) is 3. The highest BCUT2D eigenvalue weighted by molar-refractivity contribution is 7.88. The fourth-order valence-corrected chi connectivity index (χ4v) is 3.29. The number of sulfonamides is 1. The van der Waals surface area contributed by atoms with Crippen molar-refractivity contribution in [1.29, 1.82) is 0 Å². The fraction of sp³-hybridized carbons (Fsp3) is 0.462. The van der Waals surface area contributed by atoms with Crippen LogP contribution in [0.4, 0.5) is 4.39 Å². The molecule has 1 aromatic rings. The maximum Gasteiger partial charge on any atom is 0.227 e. The van der Waals surface area contributed by atoms with Crippen LogP contribution in [0.5, 0.6) is 0 Å². The van der Waals surface area contributed by atoms with E-state index in [-0.39, 0.29) is 36.0 Å². The molecule has 1 heterocycles. The minimum Gasteiger partial charge on any atom is -0.340 e. The van der Waals surface area contributed by atoms with Crippen LogP contribution in [0.15, 0.2) is 18.2 Å². The van der Waals surface area contributed by atoms with E-state index >= 15 is 0 Å². The molecule has 0 aromatic heterocycles. The molecule has 1 aliphatic rings. The molecule has 21 heavy (non-hydrogen) atoms. The molecule has 0 unspecified atom stereocenters. The third-order valence-corrected chi connectivity index (χ3v) is 5.11. The van der Waals surface area contributed by atoms with Crippen LogP contribution < -0.4 is 0 Å². The molecule has 1 saturated heterocycles. The highest BCUT2D eigenvalue weighted by Gasteiger charge is 2.26. The average Bonchev–Trinajstić information content (AvgIpc) is 2.42. The van der Waals surface area contributed by atoms with E-state index in [1.807, 2.05) is 0 Å². The van der Waals surface area contributed by atoms with Crippen molar-refractivity contribution in [3.63, 3.8) is 0 Å². The van der Waals surface area contributed by atoms with Gasteiger partial charge in [0.1, 0.15) is 5.82 Å². The van der Waals surface area contributed by atoms with Crippen molar-refractivity contribution < 1.29 is 17.6 Å². The number of amides is 1. The van der Waals surface area contributed by atoms with E-state index in [1.54, 1.807) is 0 Å². The Kier molecular flexibility index (Phi) is 4.85. The van der Waals surface area contributed by atoms with E-state index in [9.17, 15) is 17.6 Å². The number of hydrogen-bond donors (Lipinski definition) is 0. The molecule has 1 amide bonds. The highest BCUT2D eigenvalue weighted by Crippen LogP contribution is 2.20. The van der Waals surface area contributed by atoms with Crippen LogP contribution in [0.25, 0.3) is 0 Å². The van der Waals surface area contributed by atoms with E-state index in [2.05, 4.69) is 0 Å². The van der Waals surface area contributed by atoms with Crippen molar-refractivity contribution in [3.8, 4) is 0 Å². The number of nitrogens with zero attached hydrogens (tertiary/aromatic N) is 2. The lowest BCUT2D eigenvalue weighted by atomic mass is 10.1. The van der Waals surface area contributed by atoms with E-state index in [4.69, 9.17) is 11.6 Å². The number of carbonyl (C=O) groups is 1. The maximum atomic E-state index is 13.7. The van der Waals surface area contributed by atoms with Crippen LogP contribution in [0.1, 0.15) is 5.56 Å². The van der Waals surface area contributed by atoms with Crippen LogP contribution in [0.3, 0.4) is 0 Å². The van der Waals surface area contributed by atoms with Crippen LogP contribution in [0.2, 0.25) is 5.02 Å². The van der Waals surface area contributed by atoms with E-state index < -0.39 is 15.8 Å². The van der Waals surface area contributed by atoms with Gasteiger partial charge in [0.25, 0.3) is 0 Å². The monoisotopic (exact) mass is 334 g/mol. The second kappa shape index (κ2) is 6.29. The van der Waals surface area contributed by atoms with Crippen molar-refractivity contribution in [2.45, 2.75) is 6.42 Å². The van der Waals surface area contributed by atoms with E-state index in [0.29, 0.717) is 13.1 Å². The molecule has 0 saturated carbocycles. The summed E-state index contributed by atoms with van der Waals surface area (Å²) >= 11 is 5.90. The molecule has 116 valence electrons. The van der Waals surface area contributed by atoms with Gasteiger partial charge >= 0.3 is 0 Å².